The molecule has 21 heavy (non-hydrogen) atoms. The maximum atomic E-state index is 12.0. The first-order valence-corrected chi connectivity index (χ1v) is 7.31. The molecule has 0 bridgehead atoms. The van der Waals surface area contributed by atoms with Crippen LogP contribution in [0.4, 0.5) is 0 Å². The van der Waals surface area contributed by atoms with Gasteiger partial charge in [0.1, 0.15) is 5.75 Å². The number of rotatable bonds is 9. The highest BCUT2D eigenvalue weighted by Crippen LogP contribution is 2.12. The average Bonchev–Trinajstić information content (AvgIpc) is 2.49. The van der Waals surface area contributed by atoms with Gasteiger partial charge in [0, 0.05) is 25.7 Å². The third-order valence-corrected chi connectivity index (χ3v) is 3.30. The zero-order chi connectivity index (χ0) is 15.7. The van der Waals surface area contributed by atoms with Crippen molar-refractivity contribution in [1.29, 1.82) is 0 Å². The first-order valence-electron chi connectivity index (χ1n) is 7.31. The lowest BCUT2D eigenvalue weighted by Crippen LogP contribution is -2.41. The largest absolute Gasteiger partial charge is 0.497 e. The smallest absolute Gasteiger partial charge is 0.234 e. The standard InChI is InChI=1S/C16H26N2O3/c1-13(2)18(8-5-9-19)12-16(20)17-11-14-6-4-7-15(10-14)21-3/h4,6-7,10,13,19H,5,8-9,11-12H2,1-3H3,(H,17,20). The van der Waals surface area contributed by atoms with Crippen LogP contribution in [0.5, 0.6) is 5.75 Å². The highest BCUT2D eigenvalue weighted by molar-refractivity contribution is 5.78. The first kappa shape index (κ1) is 17.5. The molecule has 1 rings (SSSR count). The number of hydrogen-bond acceptors (Lipinski definition) is 4. The van der Waals surface area contributed by atoms with Crippen LogP contribution in [0.3, 0.4) is 0 Å². The first-order chi connectivity index (χ1) is 10.1. The number of amides is 1. The predicted octanol–water partition coefficient (Wildman–Crippen LogP) is 1.40. The molecule has 5 heteroatoms. The molecule has 5 nitrogen and oxygen atoms in total. The van der Waals surface area contributed by atoms with Crippen molar-refractivity contribution in [2.75, 3.05) is 26.8 Å². The molecule has 0 saturated carbocycles. The topological polar surface area (TPSA) is 61.8 Å². The molecule has 0 radical (unpaired) electrons. The lowest BCUT2D eigenvalue weighted by atomic mass is 10.2. The molecular weight excluding hydrogens is 268 g/mol. The number of hydrogen-bond donors (Lipinski definition) is 2. The SMILES string of the molecule is COc1cccc(CNC(=O)CN(CCCO)C(C)C)c1. The van der Waals surface area contributed by atoms with E-state index in [0.717, 1.165) is 17.9 Å². The Bertz CT molecular complexity index is 435. The van der Waals surface area contributed by atoms with Crippen molar-refractivity contribution in [2.24, 2.45) is 0 Å². The van der Waals surface area contributed by atoms with Gasteiger partial charge in [-0.2, -0.15) is 0 Å². The van der Waals surface area contributed by atoms with Gasteiger partial charge in [0.15, 0.2) is 0 Å². The van der Waals surface area contributed by atoms with Crippen molar-refractivity contribution < 1.29 is 14.6 Å². The van der Waals surface area contributed by atoms with Gasteiger partial charge in [-0.3, -0.25) is 9.69 Å². The minimum atomic E-state index is -0.00976. The third-order valence-electron chi connectivity index (χ3n) is 3.30. The van der Waals surface area contributed by atoms with Crippen molar-refractivity contribution >= 4 is 5.91 Å². The fourth-order valence-electron chi connectivity index (χ4n) is 2.02. The highest BCUT2D eigenvalue weighted by Gasteiger charge is 2.13. The summed E-state index contributed by atoms with van der Waals surface area (Å²) in [7, 11) is 1.62. The Balaban J connectivity index is 2.44. The number of benzene rings is 1. The Hall–Kier alpha value is -1.59. The molecule has 118 valence electrons. The molecular formula is C16H26N2O3. The zero-order valence-corrected chi connectivity index (χ0v) is 13.1. The number of ether oxygens (including phenoxy) is 1. The molecule has 0 aliphatic heterocycles. The van der Waals surface area contributed by atoms with Crippen LogP contribution in [0.1, 0.15) is 25.8 Å². The lowest BCUT2D eigenvalue weighted by molar-refractivity contribution is -0.122. The molecule has 1 aromatic rings. The lowest BCUT2D eigenvalue weighted by Gasteiger charge is -2.25. The fourth-order valence-corrected chi connectivity index (χ4v) is 2.02. The van der Waals surface area contributed by atoms with Crippen LogP contribution in [0.2, 0.25) is 0 Å². The van der Waals surface area contributed by atoms with Crippen LogP contribution in [0.15, 0.2) is 24.3 Å². The summed E-state index contributed by atoms with van der Waals surface area (Å²) < 4.78 is 5.16. The molecule has 1 amide bonds. The van der Waals surface area contributed by atoms with E-state index in [0.29, 0.717) is 19.5 Å². The normalized spacial score (nSPS) is 11.0. The summed E-state index contributed by atoms with van der Waals surface area (Å²) in [6.45, 7) is 5.80. The second-order valence-corrected chi connectivity index (χ2v) is 5.27. The molecule has 0 fully saturated rings. The number of methoxy groups -OCH3 is 1. The summed E-state index contributed by atoms with van der Waals surface area (Å²) in [6.07, 6.45) is 0.682. The summed E-state index contributed by atoms with van der Waals surface area (Å²) in [6, 6.07) is 7.92. The van der Waals surface area contributed by atoms with Gasteiger partial charge in [0.2, 0.25) is 5.91 Å². The van der Waals surface area contributed by atoms with Crippen molar-refractivity contribution in [3.05, 3.63) is 29.8 Å². The molecule has 0 atom stereocenters. The fraction of sp³-hybridized carbons (Fsp3) is 0.562. The monoisotopic (exact) mass is 294 g/mol. The summed E-state index contributed by atoms with van der Waals surface area (Å²) in [5.74, 6) is 0.776. The highest BCUT2D eigenvalue weighted by atomic mass is 16.5. The van der Waals surface area contributed by atoms with Crippen molar-refractivity contribution in [3.63, 3.8) is 0 Å². The van der Waals surface area contributed by atoms with Gasteiger partial charge in [-0.25, -0.2) is 0 Å². The molecule has 2 N–H and O–H groups in total. The Morgan fingerprint density at radius 2 is 2.19 bits per heavy atom. The van der Waals surface area contributed by atoms with E-state index in [2.05, 4.69) is 10.2 Å². The summed E-state index contributed by atoms with van der Waals surface area (Å²) in [4.78, 5) is 14.1. The van der Waals surface area contributed by atoms with Crippen LogP contribution < -0.4 is 10.1 Å². The summed E-state index contributed by atoms with van der Waals surface area (Å²) >= 11 is 0. The minimum absolute atomic E-state index is 0.00976. The molecule has 0 spiro atoms. The van der Waals surface area contributed by atoms with Gasteiger partial charge in [0.05, 0.1) is 13.7 Å². The van der Waals surface area contributed by atoms with Crippen molar-refractivity contribution in [2.45, 2.75) is 32.9 Å². The van der Waals surface area contributed by atoms with Crippen LogP contribution in [0.25, 0.3) is 0 Å². The van der Waals surface area contributed by atoms with Gasteiger partial charge in [-0.15, -0.1) is 0 Å². The second kappa shape index (κ2) is 9.37. The molecule has 0 unspecified atom stereocenters. The van der Waals surface area contributed by atoms with Gasteiger partial charge in [-0.05, 0) is 38.0 Å². The van der Waals surface area contributed by atoms with E-state index in [1.54, 1.807) is 7.11 Å². The number of nitrogens with zero attached hydrogens (tertiary/aromatic N) is 1. The molecule has 0 saturated heterocycles. The van der Waals surface area contributed by atoms with Gasteiger partial charge >= 0.3 is 0 Å². The number of carbonyl (C=O) groups is 1. The number of aliphatic hydroxyl groups is 1. The van der Waals surface area contributed by atoms with Gasteiger partial charge in [0.25, 0.3) is 0 Å². The Labute approximate surface area is 126 Å². The quantitative estimate of drug-likeness (QED) is 0.723. The van der Waals surface area contributed by atoms with E-state index in [4.69, 9.17) is 9.84 Å². The van der Waals surface area contributed by atoms with E-state index in [-0.39, 0.29) is 18.6 Å². The van der Waals surface area contributed by atoms with E-state index >= 15 is 0 Å². The van der Waals surface area contributed by atoms with E-state index < -0.39 is 0 Å². The maximum absolute atomic E-state index is 12.0. The van der Waals surface area contributed by atoms with Gasteiger partial charge in [-0.1, -0.05) is 12.1 Å². The third kappa shape index (κ3) is 6.60. The predicted molar refractivity (Wildman–Crippen MR) is 83.3 cm³/mol. The number of nitrogens with one attached hydrogen (secondary N) is 1. The Morgan fingerprint density at radius 3 is 2.81 bits per heavy atom. The van der Waals surface area contributed by atoms with Crippen molar-refractivity contribution in [1.82, 2.24) is 10.2 Å². The summed E-state index contributed by atoms with van der Waals surface area (Å²) in [5, 5.41) is 11.8. The molecule has 1 aromatic carbocycles. The molecule has 0 aliphatic rings. The Morgan fingerprint density at radius 1 is 1.43 bits per heavy atom. The Kier molecular flexibility index (Phi) is 7.79. The van der Waals surface area contributed by atoms with E-state index in [1.165, 1.54) is 0 Å². The van der Waals surface area contributed by atoms with E-state index in [9.17, 15) is 4.79 Å². The van der Waals surface area contributed by atoms with Crippen LogP contribution in [0, 0.1) is 0 Å². The average molecular weight is 294 g/mol. The zero-order valence-electron chi connectivity index (χ0n) is 13.1. The van der Waals surface area contributed by atoms with E-state index in [1.807, 2.05) is 38.1 Å². The number of aliphatic hydroxyl groups excluding tert-OH is 1. The maximum Gasteiger partial charge on any atom is 0.234 e. The van der Waals surface area contributed by atoms with Crippen LogP contribution >= 0.6 is 0 Å². The van der Waals surface area contributed by atoms with Crippen LogP contribution in [-0.4, -0.2) is 48.8 Å². The van der Waals surface area contributed by atoms with Crippen molar-refractivity contribution in [3.8, 4) is 5.75 Å². The summed E-state index contributed by atoms with van der Waals surface area (Å²) in [5.41, 5.74) is 1.01. The number of carbonyl (C=O) groups excluding carboxylic acids is 1. The van der Waals surface area contributed by atoms with Gasteiger partial charge < -0.3 is 15.2 Å². The molecule has 0 heterocycles. The second-order valence-electron chi connectivity index (χ2n) is 5.27. The molecule has 0 aromatic heterocycles. The minimum Gasteiger partial charge on any atom is -0.497 e. The van der Waals surface area contributed by atoms with Crippen LogP contribution in [-0.2, 0) is 11.3 Å². The molecule has 0 aliphatic carbocycles.